The van der Waals surface area contributed by atoms with Crippen LogP contribution in [-0.4, -0.2) is 44.1 Å². The van der Waals surface area contributed by atoms with E-state index in [0.29, 0.717) is 0 Å². The van der Waals surface area contributed by atoms with Gasteiger partial charge in [-0.2, -0.15) is 0 Å². The summed E-state index contributed by atoms with van der Waals surface area (Å²) in [6, 6.07) is 0. The van der Waals surface area contributed by atoms with E-state index in [1.165, 1.54) is 12.5 Å². The number of rotatable bonds is 4. The maximum absolute atomic E-state index is 11.8. The summed E-state index contributed by atoms with van der Waals surface area (Å²) in [5.74, 6) is -0.145. The molecular weight excluding hydrogens is 286 g/mol. The smallest absolute Gasteiger partial charge is 0.410 e. The molecule has 1 aliphatic rings. The van der Waals surface area contributed by atoms with Gasteiger partial charge < -0.3 is 19.2 Å². The van der Waals surface area contributed by atoms with Gasteiger partial charge in [0.1, 0.15) is 6.61 Å². The van der Waals surface area contributed by atoms with E-state index in [4.69, 9.17) is 9.16 Å². The first kappa shape index (κ1) is 17.9. The Hall–Kier alpha value is -1.17. The largest absolute Gasteiger partial charge is 0.519 e. The summed E-state index contributed by atoms with van der Waals surface area (Å²) in [7, 11) is -2.05. The summed E-state index contributed by atoms with van der Waals surface area (Å²) in [6.45, 7) is 12.0. The Morgan fingerprint density at radius 2 is 1.81 bits per heavy atom. The van der Waals surface area contributed by atoms with Gasteiger partial charge in [-0.1, -0.05) is 20.8 Å². The molecule has 0 aliphatic carbocycles. The van der Waals surface area contributed by atoms with Gasteiger partial charge in [0.15, 0.2) is 0 Å². The van der Waals surface area contributed by atoms with Crippen molar-refractivity contribution in [3.8, 4) is 0 Å². The van der Waals surface area contributed by atoms with Crippen LogP contribution < -0.4 is 0 Å². The molecule has 1 fully saturated rings. The summed E-state index contributed by atoms with van der Waals surface area (Å²) >= 11 is 0. The molecule has 0 radical (unpaired) electrons. The van der Waals surface area contributed by atoms with Crippen LogP contribution in [0.3, 0.4) is 0 Å². The van der Waals surface area contributed by atoms with Crippen LogP contribution in [0, 0.1) is 0 Å². The highest BCUT2D eigenvalue weighted by atomic mass is 28.4. The number of nitrogens with zero attached hydrogens (tertiary/aromatic N) is 1. The molecular formula is C15H29NO4Si. The quantitative estimate of drug-likeness (QED) is 0.628. The van der Waals surface area contributed by atoms with Gasteiger partial charge in [-0.05, 0) is 37.4 Å². The number of aliphatic hydroxyl groups excluding tert-OH is 1. The van der Waals surface area contributed by atoms with Gasteiger partial charge in [0, 0.05) is 19.2 Å². The predicted octanol–water partition coefficient (Wildman–Crippen LogP) is 4.03. The summed E-state index contributed by atoms with van der Waals surface area (Å²) in [5, 5.41) is 9.85. The molecule has 0 atom stereocenters. The molecule has 1 N–H and O–H groups in total. The molecule has 21 heavy (non-hydrogen) atoms. The minimum absolute atomic E-state index is 0.0132. The number of carbonyl (C=O) groups is 1. The summed E-state index contributed by atoms with van der Waals surface area (Å²) in [4.78, 5) is 13.5. The van der Waals surface area contributed by atoms with E-state index >= 15 is 0 Å². The second-order valence-electron chi connectivity index (χ2n) is 7.03. The zero-order valence-corrected chi connectivity index (χ0v) is 14.9. The molecule has 1 amide bonds. The Balaban J connectivity index is 2.40. The highest BCUT2D eigenvalue weighted by molar-refractivity contribution is 6.74. The highest BCUT2D eigenvalue weighted by Crippen LogP contribution is 2.37. The fourth-order valence-electron chi connectivity index (χ4n) is 1.81. The van der Waals surface area contributed by atoms with Crippen LogP contribution >= 0.6 is 0 Å². The molecule has 0 unspecified atom stereocenters. The number of hydrogen-bond donors (Lipinski definition) is 1. The Labute approximate surface area is 129 Å². The molecule has 1 aliphatic heterocycles. The van der Waals surface area contributed by atoms with E-state index in [0.717, 1.165) is 25.9 Å². The number of carbonyl (C=O) groups excluding carboxylic acids is 1. The molecule has 0 bridgehead atoms. The van der Waals surface area contributed by atoms with Crippen molar-refractivity contribution in [3.63, 3.8) is 0 Å². The maximum Gasteiger partial charge on any atom is 0.410 e. The standard InChI is InChI=1S/C15H29NO4Si/c1-15(2,3)21(4,5)20-13(17)9-12-19-14(18)16-10-7-6-8-11-16/h9,17H,6-8,10-12H2,1-5H3/b13-9+. The Kier molecular flexibility index (Phi) is 6.13. The van der Waals surface area contributed by atoms with E-state index in [1.807, 2.05) is 0 Å². The number of hydrogen-bond acceptors (Lipinski definition) is 4. The molecule has 1 rings (SSSR count). The summed E-state index contributed by atoms with van der Waals surface area (Å²) in [6.07, 6.45) is 4.34. The topological polar surface area (TPSA) is 59.0 Å². The van der Waals surface area contributed by atoms with Crippen LogP contribution in [0.1, 0.15) is 40.0 Å². The normalized spacial score (nSPS) is 17.6. The van der Waals surface area contributed by atoms with E-state index in [9.17, 15) is 9.90 Å². The van der Waals surface area contributed by atoms with Gasteiger partial charge in [0.25, 0.3) is 14.3 Å². The van der Waals surface area contributed by atoms with Crippen LogP contribution in [0.2, 0.25) is 18.1 Å². The van der Waals surface area contributed by atoms with Crippen molar-refractivity contribution < 1.29 is 19.1 Å². The zero-order chi connectivity index (χ0) is 16.1. The van der Waals surface area contributed by atoms with Crippen LogP contribution in [-0.2, 0) is 9.16 Å². The Morgan fingerprint density at radius 1 is 1.24 bits per heavy atom. The number of piperidine rings is 1. The van der Waals surface area contributed by atoms with E-state index in [2.05, 4.69) is 33.9 Å². The summed E-state index contributed by atoms with van der Waals surface area (Å²) < 4.78 is 10.8. The van der Waals surface area contributed by atoms with Crippen LogP contribution in [0.25, 0.3) is 0 Å². The summed E-state index contributed by atoms with van der Waals surface area (Å²) in [5.41, 5.74) is 0. The number of likely N-dealkylation sites (tertiary alicyclic amines) is 1. The lowest BCUT2D eigenvalue weighted by Gasteiger charge is -2.35. The average Bonchev–Trinajstić information content (AvgIpc) is 2.37. The third-order valence-electron chi connectivity index (χ3n) is 4.24. The van der Waals surface area contributed by atoms with Gasteiger partial charge in [0.05, 0.1) is 0 Å². The van der Waals surface area contributed by atoms with Crippen molar-refractivity contribution in [2.45, 2.75) is 58.2 Å². The SMILES string of the molecule is CC(C)(C)[Si](C)(C)O/C(O)=C/COC(=O)N1CCCCC1. The van der Waals surface area contributed by atoms with E-state index in [-0.39, 0.29) is 23.7 Å². The van der Waals surface area contributed by atoms with Crippen molar-refractivity contribution in [1.82, 2.24) is 4.90 Å². The molecule has 1 heterocycles. The lowest BCUT2D eigenvalue weighted by molar-refractivity contribution is 0.102. The van der Waals surface area contributed by atoms with Crippen molar-refractivity contribution in [2.75, 3.05) is 19.7 Å². The van der Waals surface area contributed by atoms with Crippen LogP contribution in [0.4, 0.5) is 4.79 Å². The second kappa shape index (κ2) is 7.20. The molecule has 0 aromatic carbocycles. The lowest BCUT2D eigenvalue weighted by atomic mass is 10.1. The number of ether oxygens (including phenoxy) is 1. The van der Waals surface area contributed by atoms with Crippen LogP contribution in [0.15, 0.2) is 12.0 Å². The average molecular weight is 315 g/mol. The fraction of sp³-hybridized carbons (Fsp3) is 0.800. The third kappa shape index (κ3) is 5.61. The van der Waals surface area contributed by atoms with Gasteiger partial charge >= 0.3 is 6.09 Å². The minimum Gasteiger partial charge on any atom is -0.519 e. The fourth-order valence-corrected chi connectivity index (χ4v) is 2.72. The van der Waals surface area contributed by atoms with Gasteiger partial charge in [-0.15, -0.1) is 0 Å². The maximum atomic E-state index is 11.8. The van der Waals surface area contributed by atoms with Gasteiger partial charge in [-0.3, -0.25) is 0 Å². The zero-order valence-electron chi connectivity index (χ0n) is 13.9. The first-order valence-electron chi connectivity index (χ1n) is 7.63. The van der Waals surface area contributed by atoms with Crippen molar-refractivity contribution in [1.29, 1.82) is 0 Å². The van der Waals surface area contributed by atoms with Crippen molar-refractivity contribution >= 4 is 14.4 Å². The number of amides is 1. The Morgan fingerprint density at radius 3 is 2.33 bits per heavy atom. The van der Waals surface area contributed by atoms with Gasteiger partial charge in [0.2, 0.25) is 0 Å². The molecule has 5 nitrogen and oxygen atoms in total. The highest BCUT2D eigenvalue weighted by Gasteiger charge is 2.39. The van der Waals surface area contributed by atoms with E-state index in [1.54, 1.807) is 4.90 Å². The number of aliphatic hydroxyl groups is 1. The molecule has 0 aromatic rings. The molecule has 122 valence electrons. The molecule has 6 heteroatoms. The van der Waals surface area contributed by atoms with Crippen molar-refractivity contribution in [2.24, 2.45) is 0 Å². The third-order valence-corrected chi connectivity index (χ3v) is 8.58. The molecule has 0 aromatic heterocycles. The molecule has 0 spiro atoms. The second-order valence-corrected chi connectivity index (χ2v) is 11.8. The van der Waals surface area contributed by atoms with Crippen molar-refractivity contribution in [3.05, 3.63) is 12.0 Å². The molecule has 1 saturated heterocycles. The first-order chi connectivity index (χ1) is 9.63. The van der Waals surface area contributed by atoms with E-state index < -0.39 is 8.32 Å². The van der Waals surface area contributed by atoms with Crippen LogP contribution in [0.5, 0.6) is 0 Å². The molecule has 0 saturated carbocycles. The monoisotopic (exact) mass is 315 g/mol. The Bertz CT molecular complexity index is 382. The first-order valence-corrected chi connectivity index (χ1v) is 10.5. The predicted molar refractivity (Wildman–Crippen MR) is 85.8 cm³/mol. The minimum atomic E-state index is -2.05. The lowest BCUT2D eigenvalue weighted by Crippen LogP contribution is -2.40. The van der Waals surface area contributed by atoms with Gasteiger partial charge in [-0.25, -0.2) is 4.79 Å².